The Kier molecular flexibility index (Phi) is 4.68. The molecule has 0 unspecified atom stereocenters. The Hall–Kier alpha value is -1.52. The molecule has 0 spiro atoms. The Morgan fingerprint density at radius 1 is 1.40 bits per heavy atom. The van der Waals surface area contributed by atoms with E-state index in [1.54, 1.807) is 0 Å². The van der Waals surface area contributed by atoms with Crippen LogP contribution in [-0.4, -0.2) is 11.4 Å². The fourth-order valence-corrected chi connectivity index (χ4v) is 2.36. The number of phenols is 1. The van der Waals surface area contributed by atoms with Gasteiger partial charge in [-0.3, -0.25) is 4.79 Å². The predicted molar refractivity (Wildman–Crippen MR) is 81.7 cm³/mol. The Morgan fingerprint density at radius 2 is 2.15 bits per heavy atom. The minimum absolute atomic E-state index is 0.140. The smallest absolute Gasteiger partial charge is 0.153 e. The van der Waals surface area contributed by atoms with Crippen LogP contribution in [0.25, 0.3) is 0 Å². The second-order valence-electron chi connectivity index (χ2n) is 4.27. The monoisotopic (exact) mass is 354 g/mol. The van der Waals surface area contributed by atoms with Gasteiger partial charge in [-0.05, 0) is 30.2 Å². The van der Waals surface area contributed by atoms with Gasteiger partial charge < -0.3 is 9.84 Å². The molecular formula is C15H12BrClO3. The van der Waals surface area contributed by atoms with Crippen LogP contribution in [0.5, 0.6) is 11.5 Å². The van der Waals surface area contributed by atoms with Gasteiger partial charge in [0.25, 0.3) is 0 Å². The summed E-state index contributed by atoms with van der Waals surface area (Å²) in [5.74, 6) is 0.194. The molecule has 0 saturated heterocycles. The molecule has 0 aromatic heterocycles. The van der Waals surface area contributed by atoms with Gasteiger partial charge >= 0.3 is 0 Å². The average Bonchev–Trinajstić information content (AvgIpc) is 2.43. The van der Waals surface area contributed by atoms with Crippen molar-refractivity contribution in [1.29, 1.82) is 0 Å². The molecule has 5 heteroatoms. The third kappa shape index (κ3) is 3.14. The molecule has 2 aromatic carbocycles. The molecule has 0 fully saturated rings. The Bertz CT molecular complexity index is 656. The molecule has 3 nitrogen and oxygen atoms in total. The first kappa shape index (κ1) is 14.9. The minimum atomic E-state index is -0.148. The number of phenolic OH excluding ortho intramolecular Hbond substituents is 1. The summed E-state index contributed by atoms with van der Waals surface area (Å²) in [7, 11) is 0. The number of carbonyl (C=O) groups is 1. The molecule has 0 aliphatic carbocycles. The molecule has 20 heavy (non-hydrogen) atoms. The zero-order valence-corrected chi connectivity index (χ0v) is 13.0. The largest absolute Gasteiger partial charge is 0.507 e. The summed E-state index contributed by atoms with van der Waals surface area (Å²) in [5.41, 5.74) is 2.23. The summed E-state index contributed by atoms with van der Waals surface area (Å²) < 4.78 is 6.61. The second kappa shape index (κ2) is 6.29. The number of hydrogen-bond donors (Lipinski definition) is 1. The fraction of sp³-hybridized carbons (Fsp3) is 0.133. The van der Waals surface area contributed by atoms with Gasteiger partial charge in [0.2, 0.25) is 0 Å². The highest BCUT2D eigenvalue weighted by Gasteiger charge is 2.10. The fourth-order valence-electron chi connectivity index (χ4n) is 1.73. The highest BCUT2D eigenvalue weighted by molar-refractivity contribution is 9.10. The van der Waals surface area contributed by atoms with E-state index in [9.17, 15) is 9.90 Å². The minimum Gasteiger partial charge on any atom is -0.507 e. The first-order valence-electron chi connectivity index (χ1n) is 5.87. The van der Waals surface area contributed by atoms with Crippen LogP contribution >= 0.6 is 27.5 Å². The molecule has 0 heterocycles. The molecule has 0 bridgehead atoms. The van der Waals surface area contributed by atoms with Gasteiger partial charge in [0.15, 0.2) is 6.29 Å². The first-order chi connectivity index (χ1) is 9.52. The van der Waals surface area contributed by atoms with Gasteiger partial charge in [0.1, 0.15) is 18.1 Å². The Labute approximate surface area is 130 Å². The number of benzene rings is 2. The van der Waals surface area contributed by atoms with Gasteiger partial charge in [-0.1, -0.05) is 39.7 Å². The predicted octanol–water partition coefficient (Wildman–Crippen LogP) is 4.51. The van der Waals surface area contributed by atoms with Gasteiger partial charge in [-0.2, -0.15) is 0 Å². The maximum absolute atomic E-state index is 10.7. The number of aromatic hydroxyl groups is 1. The lowest BCUT2D eigenvalue weighted by Crippen LogP contribution is -1.99. The van der Waals surface area contributed by atoms with E-state index in [1.807, 2.05) is 25.1 Å². The van der Waals surface area contributed by atoms with Crippen LogP contribution in [0.3, 0.4) is 0 Å². The van der Waals surface area contributed by atoms with Crippen molar-refractivity contribution in [2.24, 2.45) is 0 Å². The topological polar surface area (TPSA) is 46.5 Å². The van der Waals surface area contributed by atoms with Crippen molar-refractivity contribution in [1.82, 2.24) is 0 Å². The van der Waals surface area contributed by atoms with Crippen LogP contribution in [0.1, 0.15) is 21.5 Å². The van der Waals surface area contributed by atoms with Crippen molar-refractivity contribution in [3.63, 3.8) is 0 Å². The zero-order chi connectivity index (χ0) is 14.7. The summed E-state index contributed by atoms with van der Waals surface area (Å²) in [5, 5.41) is 9.92. The molecule has 0 aliphatic heterocycles. The molecule has 0 radical (unpaired) electrons. The number of halogens is 2. The molecule has 2 rings (SSSR count). The quantitative estimate of drug-likeness (QED) is 0.821. The zero-order valence-electron chi connectivity index (χ0n) is 10.7. The molecule has 0 aliphatic rings. The van der Waals surface area contributed by atoms with Crippen molar-refractivity contribution >= 4 is 33.8 Å². The van der Waals surface area contributed by atoms with Crippen molar-refractivity contribution in [2.75, 3.05) is 0 Å². The van der Waals surface area contributed by atoms with Crippen LogP contribution in [0.15, 0.2) is 34.8 Å². The normalized spacial score (nSPS) is 10.3. The van der Waals surface area contributed by atoms with Gasteiger partial charge in [-0.25, -0.2) is 0 Å². The van der Waals surface area contributed by atoms with E-state index in [2.05, 4.69) is 15.9 Å². The number of hydrogen-bond acceptors (Lipinski definition) is 3. The SMILES string of the molecule is Cc1c(Br)cccc1COc1cc(O)c(C=O)cc1Cl. The van der Waals surface area contributed by atoms with E-state index in [1.165, 1.54) is 12.1 Å². The lowest BCUT2D eigenvalue weighted by Gasteiger charge is -2.12. The van der Waals surface area contributed by atoms with Gasteiger partial charge in [-0.15, -0.1) is 0 Å². The van der Waals surface area contributed by atoms with Crippen LogP contribution < -0.4 is 4.74 Å². The molecular weight excluding hydrogens is 344 g/mol. The molecule has 1 N–H and O–H groups in total. The van der Waals surface area contributed by atoms with Gasteiger partial charge in [0, 0.05) is 10.5 Å². The van der Waals surface area contributed by atoms with E-state index in [0.29, 0.717) is 18.6 Å². The molecule has 2 aromatic rings. The standard InChI is InChI=1S/C15H12BrClO3/c1-9-10(3-2-4-12(9)16)8-20-15-6-14(19)11(7-18)5-13(15)17/h2-7,19H,8H2,1H3. The summed E-state index contributed by atoms with van der Waals surface area (Å²) in [6.07, 6.45) is 0.545. The average molecular weight is 356 g/mol. The van der Waals surface area contributed by atoms with E-state index in [-0.39, 0.29) is 16.3 Å². The molecule has 0 atom stereocenters. The summed E-state index contributed by atoms with van der Waals surface area (Å²) in [6, 6.07) is 8.56. The molecule has 0 amide bonds. The highest BCUT2D eigenvalue weighted by Crippen LogP contribution is 2.32. The van der Waals surface area contributed by atoms with Crippen LogP contribution in [0.2, 0.25) is 5.02 Å². The number of rotatable bonds is 4. The molecule has 0 saturated carbocycles. The first-order valence-corrected chi connectivity index (χ1v) is 7.04. The number of aldehydes is 1. The van der Waals surface area contributed by atoms with Crippen molar-refractivity contribution in [3.8, 4) is 11.5 Å². The number of carbonyl (C=O) groups excluding carboxylic acids is 1. The van der Waals surface area contributed by atoms with Crippen molar-refractivity contribution < 1.29 is 14.6 Å². The number of ether oxygens (including phenoxy) is 1. The van der Waals surface area contributed by atoms with Crippen molar-refractivity contribution in [2.45, 2.75) is 13.5 Å². The third-order valence-electron chi connectivity index (χ3n) is 2.97. The maximum atomic E-state index is 10.7. The van der Waals surface area contributed by atoms with Crippen LogP contribution in [-0.2, 0) is 6.61 Å². The molecule has 104 valence electrons. The van der Waals surface area contributed by atoms with E-state index >= 15 is 0 Å². The lowest BCUT2D eigenvalue weighted by atomic mass is 10.1. The second-order valence-corrected chi connectivity index (χ2v) is 5.53. The summed E-state index contributed by atoms with van der Waals surface area (Å²) in [4.78, 5) is 10.7. The van der Waals surface area contributed by atoms with E-state index in [0.717, 1.165) is 15.6 Å². The van der Waals surface area contributed by atoms with Crippen LogP contribution in [0.4, 0.5) is 0 Å². The summed E-state index contributed by atoms with van der Waals surface area (Å²) in [6.45, 7) is 2.31. The van der Waals surface area contributed by atoms with E-state index < -0.39 is 0 Å². The Balaban J connectivity index is 2.21. The summed E-state index contributed by atoms with van der Waals surface area (Å²) >= 11 is 9.47. The van der Waals surface area contributed by atoms with Crippen LogP contribution in [0, 0.1) is 6.92 Å². The highest BCUT2D eigenvalue weighted by atomic mass is 79.9. The van der Waals surface area contributed by atoms with E-state index in [4.69, 9.17) is 16.3 Å². The van der Waals surface area contributed by atoms with Crippen molar-refractivity contribution in [3.05, 3.63) is 56.5 Å². The Morgan fingerprint density at radius 3 is 2.85 bits per heavy atom. The third-order valence-corrected chi connectivity index (χ3v) is 4.13. The maximum Gasteiger partial charge on any atom is 0.153 e. The lowest BCUT2D eigenvalue weighted by molar-refractivity contribution is 0.112. The van der Waals surface area contributed by atoms with Gasteiger partial charge in [0.05, 0.1) is 10.6 Å².